The molecule has 426 valence electrons. The maximum atomic E-state index is 7.42. The number of hydrogen-bond acceptors (Lipinski definition) is 1. The van der Waals surface area contributed by atoms with Gasteiger partial charge < -0.3 is 27.3 Å². The van der Waals surface area contributed by atoms with Crippen molar-refractivity contribution in [2.45, 2.75) is 0 Å². The lowest BCUT2D eigenvalue weighted by Crippen LogP contribution is -2.00. The topological polar surface area (TPSA) is 37.8 Å². The summed E-state index contributed by atoms with van der Waals surface area (Å²) in [5, 5.41) is 14.0. The zero-order valence-corrected chi connectivity index (χ0v) is 49.0. The Labute approximate surface area is 520 Å². The van der Waals surface area contributed by atoms with Crippen molar-refractivity contribution < 1.29 is 9.12 Å². The largest absolute Gasteiger partial charge is 0.454 e. The summed E-state index contributed by atoms with van der Waals surface area (Å²) < 4.78 is 19.8. The van der Waals surface area contributed by atoms with Crippen LogP contribution in [-0.4, -0.2) is 22.8 Å². The average molecular weight is 1170 g/mol. The third-order valence-electron chi connectivity index (χ3n) is 19.2. The Morgan fingerprint density at radius 3 is 1.10 bits per heavy atom. The van der Waals surface area contributed by atoms with Crippen molar-refractivity contribution in [3.8, 4) is 50.7 Å². The van der Waals surface area contributed by atoms with Gasteiger partial charge in [0.15, 0.2) is 5.58 Å². The van der Waals surface area contributed by atoms with E-state index < -0.39 is 0 Å². The molecular weight excluding hydrogens is 1110 g/mol. The number of benzene rings is 14. The van der Waals surface area contributed by atoms with Crippen LogP contribution in [0.5, 0.6) is 0 Å². The van der Waals surface area contributed by atoms with Gasteiger partial charge in [-0.2, -0.15) is 0 Å². The first-order valence-electron chi connectivity index (χ1n) is 30.9. The van der Waals surface area contributed by atoms with Crippen LogP contribution in [0.2, 0.25) is 0 Å². The monoisotopic (exact) mass is 1170 g/mol. The number of halogens is 1. The Morgan fingerprint density at radius 1 is 0.209 bits per heavy atom. The van der Waals surface area contributed by atoms with Crippen molar-refractivity contribution in [1.29, 1.82) is 0 Å². The van der Waals surface area contributed by atoms with E-state index in [9.17, 15) is 0 Å². The maximum absolute atomic E-state index is 7.42. The molecule has 0 atom stereocenters. The summed E-state index contributed by atoms with van der Waals surface area (Å²) in [6.45, 7) is 0. The van der Waals surface area contributed by atoms with Crippen LogP contribution >= 0.6 is 0 Å². The molecule has 0 spiro atoms. The predicted octanol–water partition coefficient (Wildman–Crippen LogP) is 22.6. The average Bonchev–Trinajstić information content (AvgIpc) is 1.66. The summed E-state index contributed by atoms with van der Waals surface area (Å²) in [5.74, 6) is 0. The van der Waals surface area contributed by atoms with Gasteiger partial charge in [0.05, 0.1) is 60.9 Å². The lowest BCUT2D eigenvalue weighted by molar-refractivity contribution is 0.666. The van der Waals surface area contributed by atoms with Crippen LogP contribution in [0.3, 0.4) is 0 Å². The van der Waals surface area contributed by atoms with Gasteiger partial charge in [-0.3, -0.25) is 4.70 Å². The highest BCUT2D eigenvalue weighted by Gasteiger charge is 2.28. The highest BCUT2D eigenvalue weighted by molar-refractivity contribution is 6.32. The number of para-hydroxylation sites is 7. The third-order valence-corrected chi connectivity index (χ3v) is 19.2. The minimum absolute atomic E-state index is 0. The van der Waals surface area contributed by atoms with Gasteiger partial charge in [-0.1, -0.05) is 200 Å². The number of fused-ring (bicyclic) bond motifs is 20. The highest BCUT2D eigenvalue weighted by Crippen LogP contribution is 2.49. The molecule has 0 N–H and O–H groups in total. The molecule has 0 aliphatic rings. The van der Waals surface area contributed by atoms with Gasteiger partial charge in [-0.25, -0.2) is 0 Å². The first kappa shape index (κ1) is 50.9. The summed E-state index contributed by atoms with van der Waals surface area (Å²) in [6, 6.07) is 114. The molecule has 0 saturated heterocycles. The summed E-state index contributed by atoms with van der Waals surface area (Å²) in [5.41, 5.74) is 22.9. The van der Waals surface area contributed by atoms with Crippen LogP contribution in [0, 0.1) is 0 Å². The smallest absolute Gasteiger partial charge is 0.159 e. The van der Waals surface area contributed by atoms with Crippen LogP contribution in [0.25, 0.3) is 182 Å². The second-order valence-corrected chi connectivity index (χ2v) is 24.0. The molecule has 0 saturated carbocycles. The van der Waals surface area contributed by atoms with Crippen molar-refractivity contribution >= 4 is 131 Å². The van der Waals surface area contributed by atoms with E-state index in [1.807, 2.05) is 0 Å². The number of aromatic nitrogens is 5. The SMILES string of the molecule is F.c1ccc(-c2cc(-c3ccccc3)cc(-n3c4c(ccc5c4c4ccccc4n5-c4ccccc4)c4ccc5c(c6ccccc6n5-c5cc(-n6c7ccccc7c7ccccc76)cc6c5oc5ccc(-n7c8ccccc8c8ccccc87)cc56)c43)c2)cc1. The number of nitrogens with zero attached hydrogens (tertiary/aromatic N) is 5. The Bertz CT molecular complexity index is 6230. The molecule has 6 aromatic heterocycles. The van der Waals surface area contributed by atoms with Crippen molar-refractivity contribution in [1.82, 2.24) is 22.8 Å². The molecule has 0 aliphatic heterocycles. The van der Waals surface area contributed by atoms with E-state index in [1.165, 1.54) is 43.1 Å². The quantitative estimate of drug-likeness (QED) is 0.157. The molecule has 0 aliphatic carbocycles. The third kappa shape index (κ3) is 7.22. The van der Waals surface area contributed by atoms with Crippen LogP contribution in [0.4, 0.5) is 4.70 Å². The lowest BCUT2D eigenvalue weighted by Gasteiger charge is -2.16. The predicted molar refractivity (Wildman–Crippen MR) is 379 cm³/mol. The van der Waals surface area contributed by atoms with Crippen molar-refractivity contribution in [3.05, 3.63) is 309 Å². The Morgan fingerprint density at radius 2 is 0.593 bits per heavy atom. The van der Waals surface area contributed by atoms with E-state index in [1.54, 1.807) is 0 Å². The molecule has 6 nitrogen and oxygen atoms in total. The van der Waals surface area contributed by atoms with E-state index in [4.69, 9.17) is 4.42 Å². The fourth-order valence-corrected chi connectivity index (χ4v) is 15.5. The Hall–Kier alpha value is -12.2. The summed E-state index contributed by atoms with van der Waals surface area (Å²) >= 11 is 0. The van der Waals surface area contributed by atoms with E-state index >= 15 is 0 Å². The number of furan rings is 1. The highest BCUT2D eigenvalue weighted by atomic mass is 19.0. The van der Waals surface area contributed by atoms with Crippen molar-refractivity contribution in [2.75, 3.05) is 0 Å². The normalized spacial score (nSPS) is 12.1. The van der Waals surface area contributed by atoms with Crippen LogP contribution < -0.4 is 0 Å². The molecule has 20 aromatic rings. The van der Waals surface area contributed by atoms with E-state index in [-0.39, 0.29) is 4.70 Å². The van der Waals surface area contributed by atoms with Crippen LogP contribution in [-0.2, 0) is 0 Å². The molecule has 6 heterocycles. The molecule has 7 heteroatoms. The number of rotatable bonds is 7. The summed E-state index contributed by atoms with van der Waals surface area (Å²) in [4.78, 5) is 0. The first-order chi connectivity index (χ1) is 44.7. The zero-order valence-electron chi connectivity index (χ0n) is 49.0. The summed E-state index contributed by atoms with van der Waals surface area (Å²) in [7, 11) is 0. The summed E-state index contributed by atoms with van der Waals surface area (Å²) in [6.07, 6.45) is 0. The van der Waals surface area contributed by atoms with Crippen molar-refractivity contribution in [3.63, 3.8) is 0 Å². The molecular formula is C84H52FN5O. The van der Waals surface area contributed by atoms with Gasteiger partial charge in [-0.15, -0.1) is 0 Å². The van der Waals surface area contributed by atoms with E-state index in [0.29, 0.717) is 0 Å². The van der Waals surface area contributed by atoms with Gasteiger partial charge in [0, 0.05) is 87.4 Å². The van der Waals surface area contributed by atoms with E-state index in [2.05, 4.69) is 332 Å². The number of hydrogen-bond donors (Lipinski definition) is 0. The zero-order chi connectivity index (χ0) is 58.7. The fraction of sp³-hybridized carbons (Fsp3) is 0. The fourth-order valence-electron chi connectivity index (χ4n) is 15.5. The van der Waals surface area contributed by atoms with Gasteiger partial charge in [0.1, 0.15) is 5.58 Å². The van der Waals surface area contributed by atoms with Crippen LogP contribution in [0.1, 0.15) is 0 Å². The molecule has 0 radical (unpaired) electrons. The lowest BCUT2D eigenvalue weighted by atomic mass is 9.97. The minimum atomic E-state index is 0. The van der Waals surface area contributed by atoms with Crippen molar-refractivity contribution in [2.24, 2.45) is 0 Å². The first-order valence-corrected chi connectivity index (χ1v) is 30.9. The van der Waals surface area contributed by atoms with Gasteiger partial charge >= 0.3 is 0 Å². The molecule has 0 amide bonds. The van der Waals surface area contributed by atoms with Gasteiger partial charge in [0.2, 0.25) is 0 Å². The molecule has 14 aromatic carbocycles. The second kappa shape index (κ2) is 19.4. The molecule has 0 bridgehead atoms. The maximum Gasteiger partial charge on any atom is 0.159 e. The van der Waals surface area contributed by atoms with Gasteiger partial charge in [0.25, 0.3) is 0 Å². The molecule has 91 heavy (non-hydrogen) atoms. The molecule has 0 fully saturated rings. The van der Waals surface area contributed by atoms with Crippen LogP contribution in [0.15, 0.2) is 314 Å². The standard InChI is InChI=1S/C84H51N5O.FH/c1-4-22-52(23-5-1)54-46-55(53-24-6-2-7-25-53)48-58(47-54)88-82-64(41-43-76-80(82)66-32-14-20-38-74(66)85(76)56-26-8-3-9-27-56)65-42-44-77-81(83(65)88)67-33-15-21-39-75(67)89(77)78-51-59(87-72-36-18-12-30-62(72)63-31-13-19-37-73(63)87)50-69-68-49-57(40-45-79(68)90-84(69)78)86-70-34-16-10-28-60(70)61-29-11-17-35-71(61)86;/h1-51H;1H. The van der Waals surface area contributed by atoms with E-state index in [0.717, 1.165) is 139 Å². The minimum Gasteiger partial charge on any atom is -0.454 e. The Kier molecular flexibility index (Phi) is 10.9. The second-order valence-electron chi connectivity index (χ2n) is 24.0. The van der Waals surface area contributed by atoms with Gasteiger partial charge in [-0.05, 0) is 131 Å². The molecule has 0 unspecified atom stereocenters. The molecule has 20 rings (SSSR count). The Balaban J connectivity index is 0.00000594.